The van der Waals surface area contributed by atoms with Crippen LogP contribution in [0.15, 0.2) is 77.3 Å². The van der Waals surface area contributed by atoms with Crippen molar-refractivity contribution in [2.24, 2.45) is 0 Å². The molecule has 2 N–H and O–H groups in total. The highest BCUT2D eigenvalue weighted by atomic mass is 19.1. The van der Waals surface area contributed by atoms with Gasteiger partial charge in [-0.2, -0.15) is 10.2 Å². The molecule has 0 unspecified atom stereocenters. The van der Waals surface area contributed by atoms with Crippen molar-refractivity contribution in [3.05, 3.63) is 84.4 Å². The Bertz CT molecular complexity index is 1300. The van der Waals surface area contributed by atoms with Gasteiger partial charge in [-0.3, -0.25) is 9.89 Å². The summed E-state index contributed by atoms with van der Waals surface area (Å²) in [5.41, 5.74) is 2.75. The van der Waals surface area contributed by atoms with Crippen molar-refractivity contribution in [1.29, 1.82) is 0 Å². The van der Waals surface area contributed by atoms with E-state index in [4.69, 9.17) is 4.42 Å². The molecular weight excluding hydrogens is 385 g/mol. The number of hydrogen-bond acceptors (Lipinski definition) is 4. The monoisotopic (exact) mass is 401 g/mol. The number of nitrogens with one attached hydrogen (secondary N) is 2. The Labute approximate surface area is 170 Å². The summed E-state index contributed by atoms with van der Waals surface area (Å²) in [5, 5.41) is 15.1. The summed E-state index contributed by atoms with van der Waals surface area (Å²) in [6.45, 7) is 0. The first-order valence-electron chi connectivity index (χ1n) is 9.29. The Morgan fingerprint density at radius 3 is 2.77 bits per heavy atom. The molecule has 0 aliphatic heterocycles. The molecule has 2 aromatic carbocycles. The molecule has 5 aromatic rings. The predicted octanol–water partition coefficient (Wildman–Crippen LogP) is 4.33. The van der Waals surface area contributed by atoms with Gasteiger partial charge in [0, 0.05) is 17.6 Å². The molecule has 3 heterocycles. The van der Waals surface area contributed by atoms with Gasteiger partial charge >= 0.3 is 0 Å². The maximum absolute atomic E-state index is 13.1. The minimum Gasteiger partial charge on any atom is -0.454 e. The minimum atomic E-state index is -0.313. The summed E-state index contributed by atoms with van der Waals surface area (Å²) in [4.78, 5) is 12.4. The number of halogens is 1. The number of H-pyrrole nitrogens is 1. The number of nitrogens with zero attached hydrogens (tertiary/aromatic N) is 3. The van der Waals surface area contributed by atoms with Crippen LogP contribution in [0, 0.1) is 5.82 Å². The Morgan fingerprint density at radius 1 is 1.10 bits per heavy atom. The van der Waals surface area contributed by atoms with E-state index in [1.54, 1.807) is 35.1 Å². The van der Waals surface area contributed by atoms with Crippen molar-refractivity contribution in [2.45, 2.75) is 6.42 Å². The van der Waals surface area contributed by atoms with Crippen LogP contribution in [-0.2, 0) is 11.2 Å². The first-order chi connectivity index (χ1) is 14.6. The number of carbonyl (C=O) groups excluding carboxylic acids is 1. The largest absolute Gasteiger partial charge is 0.454 e. The van der Waals surface area contributed by atoms with Gasteiger partial charge < -0.3 is 9.73 Å². The summed E-state index contributed by atoms with van der Waals surface area (Å²) >= 11 is 0. The number of fused-ring (bicyclic) bond motifs is 1. The van der Waals surface area contributed by atoms with Gasteiger partial charge in [-0.1, -0.05) is 18.2 Å². The number of amides is 1. The van der Waals surface area contributed by atoms with Gasteiger partial charge in [0.25, 0.3) is 0 Å². The molecule has 7 nitrogen and oxygen atoms in total. The molecule has 0 atom stereocenters. The Kier molecular flexibility index (Phi) is 4.36. The van der Waals surface area contributed by atoms with Crippen LogP contribution in [-0.4, -0.2) is 25.9 Å². The van der Waals surface area contributed by atoms with E-state index in [9.17, 15) is 9.18 Å². The van der Waals surface area contributed by atoms with E-state index < -0.39 is 0 Å². The first-order valence-corrected chi connectivity index (χ1v) is 9.29. The second-order valence-electron chi connectivity index (χ2n) is 6.77. The number of aromatic amines is 1. The third-order valence-corrected chi connectivity index (χ3v) is 4.61. The Morgan fingerprint density at radius 2 is 1.93 bits per heavy atom. The van der Waals surface area contributed by atoms with E-state index in [-0.39, 0.29) is 18.1 Å². The van der Waals surface area contributed by atoms with Crippen molar-refractivity contribution < 1.29 is 13.6 Å². The van der Waals surface area contributed by atoms with Crippen LogP contribution < -0.4 is 5.32 Å². The van der Waals surface area contributed by atoms with Crippen molar-refractivity contribution in [1.82, 2.24) is 20.0 Å². The fourth-order valence-corrected chi connectivity index (χ4v) is 3.17. The van der Waals surface area contributed by atoms with Gasteiger partial charge in [-0.25, -0.2) is 9.07 Å². The van der Waals surface area contributed by atoms with E-state index >= 15 is 0 Å². The average Bonchev–Trinajstić information content (AvgIpc) is 3.47. The average molecular weight is 401 g/mol. The van der Waals surface area contributed by atoms with Crippen molar-refractivity contribution >= 4 is 22.7 Å². The molecule has 0 saturated carbocycles. The fourth-order valence-electron chi connectivity index (χ4n) is 3.17. The lowest BCUT2D eigenvalue weighted by Gasteiger charge is -2.01. The van der Waals surface area contributed by atoms with Crippen molar-refractivity contribution in [3.8, 4) is 17.1 Å². The highest BCUT2D eigenvalue weighted by molar-refractivity contribution is 5.91. The van der Waals surface area contributed by atoms with Gasteiger partial charge in [-0.05, 0) is 42.5 Å². The van der Waals surface area contributed by atoms with Crippen LogP contribution in [0.1, 0.15) is 5.69 Å². The van der Waals surface area contributed by atoms with Crippen LogP contribution in [0.2, 0.25) is 0 Å². The second kappa shape index (κ2) is 7.32. The molecule has 0 fully saturated rings. The summed E-state index contributed by atoms with van der Waals surface area (Å²) in [5.74, 6) is 0.476. The quantitative estimate of drug-likeness (QED) is 0.459. The molecule has 1 amide bonds. The smallest absolute Gasteiger partial charge is 0.231 e. The molecule has 148 valence electrons. The number of carbonyl (C=O) groups is 1. The molecule has 0 saturated heterocycles. The molecule has 0 aliphatic carbocycles. The van der Waals surface area contributed by atoms with Crippen molar-refractivity contribution in [2.75, 3.05) is 5.32 Å². The number of hydrogen-bond donors (Lipinski definition) is 2. The van der Waals surface area contributed by atoms with Gasteiger partial charge in [-0.15, -0.1) is 0 Å². The lowest BCUT2D eigenvalue weighted by Crippen LogP contribution is -2.15. The Balaban J connectivity index is 1.26. The van der Waals surface area contributed by atoms with E-state index in [0.29, 0.717) is 28.7 Å². The molecule has 8 heteroatoms. The highest BCUT2D eigenvalue weighted by Gasteiger charge is 2.12. The summed E-state index contributed by atoms with van der Waals surface area (Å²) < 4.78 is 20.4. The van der Waals surface area contributed by atoms with E-state index in [1.807, 2.05) is 30.3 Å². The number of para-hydroxylation sites is 1. The molecule has 3 aromatic heterocycles. The molecule has 5 rings (SSSR count). The van der Waals surface area contributed by atoms with E-state index in [1.165, 1.54) is 12.1 Å². The standard InChI is InChI=1S/C22H16FN5O2/c23-15-5-7-17(8-6-15)28-10-9-16(27-28)12-22(29)24-21-13-18(25-26-21)20-11-14-3-1-2-4-19(14)30-20/h1-11,13H,12H2,(H2,24,25,26,29). The molecule has 30 heavy (non-hydrogen) atoms. The van der Waals surface area contributed by atoms with Gasteiger partial charge in [0.1, 0.15) is 17.1 Å². The maximum Gasteiger partial charge on any atom is 0.231 e. The zero-order valence-electron chi connectivity index (χ0n) is 15.7. The molecule has 0 radical (unpaired) electrons. The topological polar surface area (TPSA) is 88.7 Å². The van der Waals surface area contributed by atoms with Crippen LogP contribution in [0.5, 0.6) is 0 Å². The maximum atomic E-state index is 13.1. The Hall–Kier alpha value is -4.20. The highest BCUT2D eigenvalue weighted by Crippen LogP contribution is 2.27. The zero-order chi connectivity index (χ0) is 20.5. The number of aromatic nitrogens is 4. The summed E-state index contributed by atoms with van der Waals surface area (Å²) in [6, 6.07) is 19.0. The van der Waals surface area contributed by atoms with Crippen LogP contribution >= 0.6 is 0 Å². The SMILES string of the molecule is O=C(Cc1ccn(-c2ccc(F)cc2)n1)Nc1cc(-c2cc3ccccc3o2)[nH]n1. The number of furan rings is 1. The van der Waals surface area contributed by atoms with Crippen LogP contribution in [0.4, 0.5) is 10.2 Å². The third kappa shape index (κ3) is 3.58. The second-order valence-corrected chi connectivity index (χ2v) is 6.77. The lowest BCUT2D eigenvalue weighted by molar-refractivity contribution is -0.115. The van der Waals surface area contributed by atoms with Gasteiger partial charge in [0.2, 0.25) is 5.91 Å². The first kappa shape index (κ1) is 17.9. The van der Waals surface area contributed by atoms with Gasteiger partial charge in [0.15, 0.2) is 11.6 Å². The number of anilines is 1. The summed E-state index contributed by atoms with van der Waals surface area (Å²) in [7, 11) is 0. The fraction of sp³-hybridized carbons (Fsp3) is 0.0455. The summed E-state index contributed by atoms with van der Waals surface area (Å²) in [6.07, 6.45) is 1.81. The van der Waals surface area contributed by atoms with Crippen LogP contribution in [0.3, 0.4) is 0 Å². The zero-order valence-corrected chi connectivity index (χ0v) is 15.7. The molecule has 0 aliphatic rings. The minimum absolute atomic E-state index is 0.0844. The molecule has 0 bridgehead atoms. The normalized spacial score (nSPS) is 11.1. The number of benzene rings is 2. The van der Waals surface area contributed by atoms with E-state index in [0.717, 1.165) is 11.0 Å². The molecular formula is C22H16FN5O2. The number of rotatable bonds is 5. The predicted molar refractivity (Wildman–Crippen MR) is 110 cm³/mol. The lowest BCUT2D eigenvalue weighted by atomic mass is 10.2. The third-order valence-electron chi connectivity index (χ3n) is 4.61. The van der Waals surface area contributed by atoms with E-state index in [2.05, 4.69) is 20.6 Å². The van der Waals surface area contributed by atoms with Gasteiger partial charge in [0.05, 0.1) is 17.8 Å². The van der Waals surface area contributed by atoms with Crippen LogP contribution in [0.25, 0.3) is 28.1 Å². The van der Waals surface area contributed by atoms with Crippen molar-refractivity contribution in [3.63, 3.8) is 0 Å². The molecule has 0 spiro atoms.